The van der Waals surface area contributed by atoms with Crippen LogP contribution < -0.4 is 10.1 Å². The van der Waals surface area contributed by atoms with Crippen molar-refractivity contribution in [2.24, 2.45) is 0 Å². The summed E-state index contributed by atoms with van der Waals surface area (Å²) in [5.74, 6) is 0.380. The highest BCUT2D eigenvalue weighted by atomic mass is 16.5. The molecule has 5 nitrogen and oxygen atoms in total. The smallest absolute Gasteiger partial charge is 0.262 e. The molecule has 0 saturated carbocycles. The molecule has 1 N–H and O–H groups in total. The van der Waals surface area contributed by atoms with E-state index >= 15 is 0 Å². The summed E-state index contributed by atoms with van der Waals surface area (Å²) in [7, 11) is 0. The number of rotatable bonds is 6. The molecule has 0 saturated heterocycles. The molecule has 1 atom stereocenters. The molecule has 0 radical (unpaired) electrons. The largest absolute Gasteiger partial charge is 0.484 e. The Labute approximate surface area is 217 Å². The maximum Gasteiger partial charge on any atom is 0.262 e. The van der Waals surface area contributed by atoms with Crippen molar-refractivity contribution in [2.45, 2.75) is 26.3 Å². The molecule has 0 unspecified atom stereocenters. The average molecular weight is 491 g/mol. The summed E-state index contributed by atoms with van der Waals surface area (Å²) in [6.07, 6.45) is 0.754. The standard InChI is InChI=1S/C32H30N2O3/c1-22-8-6-12-26(18-22)31-29-20-28(37-21-30(35)33-27-13-7-9-23(2)19-27)15-14-24(29)16-17-34(31)32(36)25-10-4-3-5-11-25/h3-15,18-20,31H,16-17,21H2,1-2H3,(H,33,35)/t31-/m0/s1. The minimum absolute atomic E-state index is 0.00149. The van der Waals surface area contributed by atoms with Crippen molar-refractivity contribution in [1.82, 2.24) is 4.90 Å². The summed E-state index contributed by atoms with van der Waals surface area (Å²) < 4.78 is 5.91. The lowest BCUT2D eigenvalue weighted by Crippen LogP contribution is -2.40. The van der Waals surface area contributed by atoms with E-state index in [0.717, 1.165) is 34.4 Å². The van der Waals surface area contributed by atoms with Gasteiger partial charge in [0.15, 0.2) is 6.61 Å². The SMILES string of the molecule is Cc1cccc(NC(=O)COc2ccc3c(c2)[C@H](c2cccc(C)c2)N(C(=O)c2ccccc2)CC3)c1. The van der Waals surface area contributed by atoms with Crippen LogP contribution in [0.15, 0.2) is 97.1 Å². The van der Waals surface area contributed by atoms with E-state index in [4.69, 9.17) is 4.74 Å². The Morgan fingerprint density at radius 2 is 1.62 bits per heavy atom. The Morgan fingerprint density at radius 3 is 2.38 bits per heavy atom. The predicted molar refractivity (Wildman–Crippen MR) is 146 cm³/mol. The molecule has 2 amide bonds. The second-order valence-corrected chi connectivity index (χ2v) is 9.50. The first kappa shape index (κ1) is 24.3. The molecule has 0 aromatic heterocycles. The van der Waals surface area contributed by atoms with E-state index < -0.39 is 0 Å². The number of ether oxygens (including phenoxy) is 1. The average Bonchev–Trinajstić information content (AvgIpc) is 2.91. The van der Waals surface area contributed by atoms with Crippen molar-refractivity contribution in [3.63, 3.8) is 0 Å². The van der Waals surface area contributed by atoms with Crippen LogP contribution in [0.5, 0.6) is 5.75 Å². The first-order chi connectivity index (χ1) is 18.0. The lowest BCUT2D eigenvalue weighted by atomic mass is 9.87. The fraction of sp³-hybridized carbons (Fsp3) is 0.188. The van der Waals surface area contributed by atoms with Crippen LogP contribution in [0.2, 0.25) is 0 Å². The molecule has 0 bridgehead atoms. The van der Waals surface area contributed by atoms with Crippen LogP contribution in [0.25, 0.3) is 0 Å². The summed E-state index contributed by atoms with van der Waals surface area (Å²) in [5.41, 5.74) is 6.89. The van der Waals surface area contributed by atoms with Crippen molar-refractivity contribution in [3.8, 4) is 5.75 Å². The molecule has 5 rings (SSSR count). The molecule has 186 valence electrons. The maximum absolute atomic E-state index is 13.6. The second-order valence-electron chi connectivity index (χ2n) is 9.50. The third-order valence-corrected chi connectivity index (χ3v) is 6.66. The molecular formula is C32H30N2O3. The fourth-order valence-electron chi connectivity index (χ4n) is 4.92. The molecular weight excluding hydrogens is 460 g/mol. The first-order valence-electron chi connectivity index (χ1n) is 12.5. The molecule has 4 aromatic carbocycles. The van der Waals surface area contributed by atoms with Crippen LogP contribution in [-0.2, 0) is 11.2 Å². The zero-order valence-electron chi connectivity index (χ0n) is 21.1. The van der Waals surface area contributed by atoms with Gasteiger partial charge in [0.05, 0.1) is 6.04 Å². The van der Waals surface area contributed by atoms with Crippen LogP contribution in [0.3, 0.4) is 0 Å². The minimum Gasteiger partial charge on any atom is -0.484 e. The highest BCUT2D eigenvalue weighted by molar-refractivity contribution is 5.95. The Balaban J connectivity index is 1.42. The molecule has 0 spiro atoms. The summed E-state index contributed by atoms with van der Waals surface area (Å²) >= 11 is 0. The van der Waals surface area contributed by atoms with Gasteiger partial charge in [-0.15, -0.1) is 0 Å². The highest BCUT2D eigenvalue weighted by Crippen LogP contribution is 2.38. The van der Waals surface area contributed by atoms with Crippen LogP contribution in [0.1, 0.15) is 44.2 Å². The monoisotopic (exact) mass is 490 g/mol. The molecule has 1 heterocycles. The van der Waals surface area contributed by atoms with Crippen molar-refractivity contribution < 1.29 is 14.3 Å². The van der Waals surface area contributed by atoms with Gasteiger partial charge in [-0.3, -0.25) is 9.59 Å². The number of anilines is 1. The van der Waals surface area contributed by atoms with Crippen molar-refractivity contribution in [3.05, 3.63) is 130 Å². The lowest BCUT2D eigenvalue weighted by Gasteiger charge is -2.38. The Morgan fingerprint density at radius 1 is 0.865 bits per heavy atom. The number of benzene rings is 4. The fourth-order valence-corrected chi connectivity index (χ4v) is 4.92. The van der Waals surface area contributed by atoms with Gasteiger partial charge in [0.25, 0.3) is 11.8 Å². The zero-order chi connectivity index (χ0) is 25.8. The third kappa shape index (κ3) is 5.56. The number of amides is 2. The quantitative estimate of drug-likeness (QED) is 0.355. The molecule has 5 heteroatoms. The number of nitrogens with one attached hydrogen (secondary N) is 1. The van der Waals surface area contributed by atoms with Crippen molar-refractivity contribution >= 4 is 17.5 Å². The number of nitrogens with zero attached hydrogens (tertiary/aromatic N) is 1. The lowest BCUT2D eigenvalue weighted by molar-refractivity contribution is -0.118. The Hall–Kier alpha value is -4.38. The first-order valence-corrected chi connectivity index (χ1v) is 12.5. The van der Waals surface area contributed by atoms with Gasteiger partial charge in [0.1, 0.15) is 5.75 Å². The molecule has 1 aliphatic heterocycles. The van der Waals surface area contributed by atoms with E-state index in [1.807, 2.05) is 84.6 Å². The minimum atomic E-state index is -0.249. The highest BCUT2D eigenvalue weighted by Gasteiger charge is 2.33. The van der Waals surface area contributed by atoms with Crippen LogP contribution in [0, 0.1) is 13.8 Å². The number of carbonyl (C=O) groups excluding carboxylic acids is 2. The van der Waals surface area contributed by atoms with E-state index in [-0.39, 0.29) is 24.5 Å². The molecule has 1 aliphatic rings. The topological polar surface area (TPSA) is 58.6 Å². The number of hydrogen-bond donors (Lipinski definition) is 1. The van der Waals surface area contributed by atoms with Crippen molar-refractivity contribution in [1.29, 1.82) is 0 Å². The number of hydrogen-bond acceptors (Lipinski definition) is 3. The molecule has 37 heavy (non-hydrogen) atoms. The zero-order valence-corrected chi connectivity index (χ0v) is 21.1. The van der Waals surface area contributed by atoms with Gasteiger partial charge in [-0.1, -0.05) is 66.2 Å². The van der Waals surface area contributed by atoms with Gasteiger partial charge in [-0.05, 0) is 78.9 Å². The van der Waals surface area contributed by atoms with Crippen molar-refractivity contribution in [2.75, 3.05) is 18.5 Å². The number of fused-ring (bicyclic) bond motifs is 1. The third-order valence-electron chi connectivity index (χ3n) is 6.66. The maximum atomic E-state index is 13.6. The van der Waals surface area contributed by atoms with Gasteiger partial charge >= 0.3 is 0 Å². The van der Waals surface area contributed by atoms with E-state index in [1.54, 1.807) is 0 Å². The van der Waals surface area contributed by atoms with Gasteiger partial charge in [0.2, 0.25) is 0 Å². The second kappa shape index (κ2) is 10.7. The molecule has 4 aromatic rings. The molecule has 0 aliphatic carbocycles. The number of aryl methyl sites for hydroxylation is 2. The van der Waals surface area contributed by atoms with Gasteiger partial charge in [0, 0.05) is 17.8 Å². The van der Waals surface area contributed by atoms with E-state index in [1.165, 1.54) is 5.56 Å². The van der Waals surface area contributed by atoms with E-state index in [0.29, 0.717) is 17.9 Å². The van der Waals surface area contributed by atoms with Gasteiger partial charge in [-0.25, -0.2) is 0 Å². The Bertz CT molecular complexity index is 1430. The van der Waals surface area contributed by atoms with Crippen LogP contribution in [0.4, 0.5) is 5.69 Å². The summed E-state index contributed by atoms with van der Waals surface area (Å²) in [6, 6.07) is 31.0. The summed E-state index contributed by atoms with van der Waals surface area (Å²) in [5, 5.41) is 2.88. The predicted octanol–water partition coefficient (Wildman–Crippen LogP) is 6.11. The molecule has 0 fully saturated rings. The Kier molecular flexibility index (Phi) is 7.04. The number of carbonyl (C=O) groups is 2. The summed E-state index contributed by atoms with van der Waals surface area (Å²) in [4.78, 5) is 28.1. The van der Waals surface area contributed by atoms with Gasteiger partial charge in [-0.2, -0.15) is 0 Å². The van der Waals surface area contributed by atoms with Crippen LogP contribution in [-0.4, -0.2) is 29.9 Å². The van der Waals surface area contributed by atoms with Gasteiger partial charge < -0.3 is 15.0 Å². The van der Waals surface area contributed by atoms with Crippen LogP contribution >= 0.6 is 0 Å². The van der Waals surface area contributed by atoms with E-state index in [2.05, 4.69) is 36.5 Å². The van der Waals surface area contributed by atoms with E-state index in [9.17, 15) is 9.59 Å². The normalized spacial score (nSPS) is 14.5. The summed E-state index contributed by atoms with van der Waals surface area (Å²) in [6.45, 7) is 4.56.